The second-order valence-electron chi connectivity index (χ2n) is 4.04. The Morgan fingerprint density at radius 1 is 1.45 bits per heavy atom. The lowest BCUT2D eigenvalue weighted by Crippen LogP contribution is -2.15. The zero-order chi connectivity index (χ0) is 17.0. The number of nitrogens with zero attached hydrogens (tertiary/aromatic N) is 3. The molecule has 0 aromatic carbocycles. The first-order valence-corrected chi connectivity index (χ1v) is 7.46. The van der Waals surface area contributed by atoms with Crippen molar-refractivity contribution in [1.29, 1.82) is 0 Å². The fraction of sp³-hybridized carbons (Fsp3) is 0.294. The van der Waals surface area contributed by atoms with Gasteiger partial charge >= 0.3 is 0 Å². The lowest BCUT2D eigenvalue weighted by Gasteiger charge is -2.11. The second kappa shape index (κ2) is 11.6. The number of allylic oxidation sites excluding steroid dienone is 3. The van der Waals surface area contributed by atoms with Gasteiger partial charge in [0.25, 0.3) is 0 Å². The molecule has 1 N–H and O–H groups in total. The Balaban J connectivity index is 0.00000211. The highest BCUT2D eigenvalue weighted by atomic mass is 35.5. The minimum absolute atomic E-state index is 0.0392. The summed E-state index contributed by atoms with van der Waals surface area (Å²) in [5.74, 6) is 0.749. The lowest BCUT2D eigenvalue weighted by molar-refractivity contribution is 0.424. The van der Waals surface area contributed by atoms with Gasteiger partial charge in [-0.05, 0) is 25.1 Å². The molecule has 0 unspecified atom stereocenters. The Morgan fingerprint density at radius 2 is 2.14 bits per heavy atom. The summed E-state index contributed by atoms with van der Waals surface area (Å²) in [5, 5.41) is 10.0. The van der Waals surface area contributed by atoms with Crippen molar-refractivity contribution in [3.8, 4) is 0 Å². The SMILES string of the molecule is C=C(O)/C(=C\C(Cl)=C/C)CN=CN(C)c1ccccn1.CC. The Morgan fingerprint density at radius 3 is 2.64 bits per heavy atom. The summed E-state index contributed by atoms with van der Waals surface area (Å²) in [6.07, 6.45) is 6.73. The van der Waals surface area contributed by atoms with Gasteiger partial charge in [0.2, 0.25) is 0 Å². The molecule has 120 valence electrons. The molecule has 1 rings (SSSR count). The van der Waals surface area contributed by atoms with Gasteiger partial charge in [-0.2, -0.15) is 0 Å². The van der Waals surface area contributed by atoms with Crippen molar-refractivity contribution in [1.82, 2.24) is 4.98 Å². The summed E-state index contributed by atoms with van der Waals surface area (Å²) in [7, 11) is 1.85. The smallest absolute Gasteiger partial charge is 0.133 e. The van der Waals surface area contributed by atoms with Gasteiger partial charge in [-0.15, -0.1) is 0 Å². The van der Waals surface area contributed by atoms with Gasteiger partial charge in [-0.1, -0.05) is 44.2 Å². The number of aromatic nitrogens is 1. The van der Waals surface area contributed by atoms with Crippen molar-refractivity contribution in [3.05, 3.63) is 59.5 Å². The quantitative estimate of drug-likeness (QED) is 0.357. The summed E-state index contributed by atoms with van der Waals surface area (Å²) in [6.45, 7) is 9.60. The highest BCUT2D eigenvalue weighted by Crippen LogP contribution is 2.12. The van der Waals surface area contributed by atoms with Crippen LogP contribution in [0, 0.1) is 0 Å². The molecule has 0 amide bonds. The van der Waals surface area contributed by atoms with Crippen LogP contribution in [0.15, 0.2) is 64.5 Å². The molecule has 1 aromatic rings. The largest absolute Gasteiger partial charge is 0.508 e. The molecule has 0 aliphatic heterocycles. The first kappa shape index (κ1) is 19.9. The van der Waals surface area contributed by atoms with Crippen LogP contribution in [-0.4, -0.2) is 30.0 Å². The zero-order valence-corrected chi connectivity index (χ0v) is 14.4. The molecule has 4 nitrogen and oxygen atoms in total. The van der Waals surface area contributed by atoms with Crippen LogP contribution in [0.4, 0.5) is 5.82 Å². The first-order chi connectivity index (χ1) is 10.5. The van der Waals surface area contributed by atoms with Gasteiger partial charge < -0.3 is 10.0 Å². The number of hydrogen-bond donors (Lipinski definition) is 1. The van der Waals surface area contributed by atoms with E-state index in [-0.39, 0.29) is 12.3 Å². The van der Waals surface area contributed by atoms with Crippen molar-refractivity contribution < 1.29 is 5.11 Å². The van der Waals surface area contributed by atoms with E-state index in [0.29, 0.717) is 10.6 Å². The van der Waals surface area contributed by atoms with Crippen LogP contribution >= 0.6 is 11.6 Å². The van der Waals surface area contributed by atoms with Crippen molar-refractivity contribution in [3.63, 3.8) is 0 Å². The van der Waals surface area contributed by atoms with Gasteiger partial charge in [-0.3, -0.25) is 4.99 Å². The maximum Gasteiger partial charge on any atom is 0.133 e. The number of hydrogen-bond acceptors (Lipinski definition) is 3. The van der Waals surface area contributed by atoms with Crippen LogP contribution in [0.5, 0.6) is 0 Å². The van der Waals surface area contributed by atoms with E-state index in [2.05, 4.69) is 16.6 Å². The molecule has 0 aliphatic carbocycles. The van der Waals surface area contributed by atoms with E-state index in [1.54, 1.807) is 29.6 Å². The molecule has 1 heterocycles. The van der Waals surface area contributed by atoms with Crippen LogP contribution in [0.3, 0.4) is 0 Å². The number of aliphatic hydroxyl groups is 1. The van der Waals surface area contributed by atoms with E-state index >= 15 is 0 Å². The second-order valence-corrected chi connectivity index (χ2v) is 4.48. The van der Waals surface area contributed by atoms with E-state index in [1.165, 1.54) is 0 Å². The third-order valence-corrected chi connectivity index (χ3v) is 2.81. The van der Waals surface area contributed by atoms with Crippen LogP contribution in [0.1, 0.15) is 20.8 Å². The van der Waals surface area contributed by atoms with Crippen molar-refractivity contribution >= 4 is 23.8 Å². The van der Waals surface area contributed by atoms with Crippen LogP contribution < -0.4 is 4.90 Å². The third kappa shape index (κ3) is 7.64. The molecule has 0 aliphatic rings. The summed E-state index contributed by atoms with van der Waals surface area (Å²) in [4.78, 5) is 10.2. The van der Waals surface area contributed by atoms with E-state index in [0.717, 1.165) is 5.82 Å². The number of aliphatic hydroxyl groups excluding tert-OH is 1. The molecular formula is C17H24ClN3O. The van der Waals surface area contributed by atoms with E-state index in [4.69, 9.17) is 11.6 Å². The molecule has 0 radical (unpaired) electrons. The summed E-state index contributed by atoms with van der Waals surface area (Å²) in [6, 6.07) is 5.63. The maximum absolute atomic E-state index is 9.49. The van der Waals surface area contributed by atoms with E-state index in [9.17, 15) is 5.11 Å². The number of rotatable bonds is 6. The fourth-order valence-electron chi connectivity index (χ4n) is 1.35. The van der Waals surface area contributed by atoms with Crippen LogP contribution in [0.2, 0.25) is 0 Å². The molecule has 22 heavy (non-hydrogen) atoms. The van der Waals surface area contributed by atoms with Crippen LogP contribution in [-0.2, 0) is 0 Å². The zero-order valence-electron chi connectivity index (χ0n) is 13.6. The normalized spacial score (nSPS) is 11.9. The highest BCUT2D eigenvalue weighted by molar-refractivity contribution is 6.31. The topological polar surface area (TPSA) is 48.7 Å². The molecule has 0 fully saturated rings. The van der Waals surface area contributed by atoms with Gasteiger partial charge in [-0.25, -0.2) is 4.98 Å². The average molecular weight is 322 g/mol. The molecule has 0 saturated carbocycles. The third-order valence-electron chi connectivity index (χ3n) is 2.49. The number of anilines is 1. The van der Waals surface area contributed by atoms with Gasteiger partial charge in [0.05, 0.1) is 12.9 Å². The summed E-state index contributed by atoms with van der Waals surface area (Å²) >= 11 is 5.90. The number of halogens is 1. The first-order valence-electron chi connectivity index (χ1n) is 7.09. The monoisotopic (exact) mass is 321 g/mol. The number of pyridine rings is 1. The molecule has 0 spiro atoms. The Labute approximate surface area is 138 Å². The lowest BCUT2D eigenvalue weighted by atomic mass is 10.2. The summed E-state index contributed by atoms with van der Waals surface area (Å²) < 4.78 is 0. The standard InChI is InChI=1S/C15H18ClN3O.C2H6/c1-4-14(16)9-13(12(2)20)10-17-11-19(3)15-7-5-6-8-18-15;1-2/h4-9,11,20H,2,10H2,1,3H3;1-2H3/b13-9-,14-4+,17-11?;. The minimum Gasteiger partial charge on any atom is -0.508 e. The summed E-state index contributed by atoms with van der Waals surface area (Å²) in [5.41, 5.74) is 0.568. The Hall–Kier alpha value is -2.07. The molecule has 0 atom stereocenters. The fourth-order valence-corrected chi connectivity index (χ4v) is 1.48. The molecule has 1 aromatic heterocycles. The van der Waals surface area contributed by atoms with E-state index < -0.39 is 0 Å². The minimum atomic E-state index is -0.0392. The highest BCUT2D eigenvalue weighted by Gasteiger charge is 2.01. The van der Waals surface area contributed by atoms with Crippen molar-refractivity contribution in [2.24, 2.45) is 4.99 Å². The molecule has 0 bridgehead atoms. The van der Waals surface area contributed by atoms with Gasteiger partial charge in [0, 0.05) is 23.8 Å². The molecule has 5 heteroatoms. The van der Waals surface area contributed by atoms with Gasteiger partial charge in [0.1, 0.15) is 11.6 Å². The number of aliphatic imine (C=N–C) groups is 1. The molecular weight excluding hydrogens is 298 g/mol. The van der Waals surface area contributed by atoms with Crippen LogP contribution in [0.25, 0.3) is 0 Å². The Kier molecular flexibility index (Phi) is 10.5. The van der Waals surface area contributed by atoms with Gasteiger partial charge in [0.15, 0.2) is 0 Å². The molecule has 0 saturated heterocycles. The predicted molar refractivity (Wildman–Crippen MR) is 96.8 cm³/mol. The van der Waals surface area contributed by atoms with E-state index in [1.807, 2.05) is 46.0 Å². The average Bonchev–Trinajstić information content (AvgIpc) is 2.56. The predicted octanol–water partition coefficient (Wildman–Crippen LogP) is 4.71. The van der Waals surface area contributed by atoms with Crippen molar-refractivity contribution in [2.45, 2.75) is 20.8 Å². The van der Waals surface area contributed by atoms with Crippen molar-refractivity contribution in [2.75, 3.05) is 18.5 Å². The maximum atomic E-state index is 9.49. The Bertz CT molecular complexity index is 536.